The Bertz CT molecular complexity index is 915. The standard InChI is InChI=1S/C19H22N4O4/c1-9(2)17-16-14(11(8-20)18(21)27-19(16)23-22-17)15-12(25-4)6-10(24-3)7-13(15)26-5/h6-7,9,14H,21H2,1-5H3,(H,22,23)/t14-/m1/s1. The van der Waals surface area contributed by atoms with Gasteiger partial charge in [-0.2, -0.15) is 5.26 Å². The van der Waals surface area contributed by atoms with Crippen molar-refractivity contribution in [1.82, 2.24) is 10.2 Å². The Morgan fingerprint density at radius 3 is 2.26 bits per heavy atom. The number of allylic oxidation sites excluding steroid dienone is 1. The lowest BCUT2D eigenvalue weighted by atomic mass is 9.81. The average Bonchev–Trinajstić information content (AvgIpc) is 3.09. The monoisotopic (exact) mass is 370 g/mol. The van der Waals surface area contributed by atoms with E-state index in [-0.39, 0.29) is 17.4 Å². The zero-order valence-corrected chi connectivity index (χ0v) is 15.9. The fourth-order valence-electron chi connectivity index (χ4n) is 3.31. The van der Waals surface area contributed by atoms with Crippen LogP contribution in [0.15, 0.2) is 23.6 Å². The lowest BCUT2D eigenvalue weighted by Crippen LogP contribution is -2.22. The number of H-pyrrole nitrogens is 1. The number of aromatic amines is 1. The van der Waals surface area contributed by atoms with Crippen molar-refractivity contribution in [3.8, 4) is 29.2 Å². The first kappa shape index (κ1) is 18.5. The summed E-state index contributed by atoms with van der Waals surface area (Å²) in [6, 6.07) is 5.66. The van der Waals surface area contributed by atoms with Crippen LogP contribution in [-0.2, 0) is 0 Å². The molecule has 1 aromatic carbocycles. The summed E-state index contributed by atoms with van der Waals surface area (Å²) in [5, 5.41) is 17.1. The minimum absolute atomic E-state index is 0.0109. The fourth-order valence-corrected chi connectivity index (χ4v) is 3.31. The van der Waals surface area contributed by atoms with E-state index in [0.29, 0.717) is 28.7 Å². The largest absolute Gasteiger partial charge is 0.496 e. The van der Waals surface area contributed by atoms with E-state index in [2.05, 4.69) is 16.3 Å². The molecule has 0 unspecified atom stereocenters. The van der Waals surface area contributed by atoms with Gasteiger partial charge in [0.25, 0.3) is 0 Å². The van der Waals surface area contributed by atoms with Crippen LogP contribution < -0.4 is 24.7 Å². The molecule has 1 aliphatic heterocycles. The van der Waals surface area contributed by atoms with Gasteiger partial charge in [0, 0.05) is 23.4 Å². The molecule has 0 radical (unpaired) electrons. The van der Waals surface area contributed by atoms with E-state index in [1.54, 1.807) is 33.5 Å². The van der Waals surface area contributed by atoms with E-state index >= 15 is 0 Å². The first-order valence-electron chi connectivity index (χ1n) is 8.42. The summed E-state index contributed by atoms with van der Waals surface area (Å²) < 4.78 is 22.1. The molecule has 0 bridgehead atoms. The number of benzene rings is 1. The number of hydrogen-bond acceptors (Lipinski definition) is 7. The maximum atomic E-state index is 9.81. The minimum atomic E-state index is -0.550. The fraction of sp³-hybridized carbons (Fsp3) is 0.368. The highest BCUT2D eigenvalue weighted by Crippen LogP contribution is 2.50. The van der Waals surface area contributed by atoms with Gasteiger partial charge < -0.3 is 24.7 Å². The summed E-state index contributed by atoms with van der Waals surface area (Å²) in [6.45, 7) is 4.06. The first-order chi connectivity index (χ1) is 13.0. The zero-order chi connectivity index (χ0) is 19.7. The third-order valence-electron chi connectivity index (χ3n) is 4.59. The SMILES string of the molecule is COc1cc(OC)c([C@H]2C(C#N)=C(N)Oc3n[nH]c(C(C)C)c32)c(OC)c1. The highest BCUT2D eigenvalue weighted by atomic mass is 16.5. The van der Waals surface area contributed by atoms with Crippen molar-refractivity contribution in [3.63, 3.8) is 0 Å². The second-order valence-corrected chi connectivity index (χ2v) is 6.38. The maximum Gasteiger partial charge on any atom is 0.244 e. The molecule has 1 aliphatic rings. The Kier molecular flexibility index (Phi) is 4.86. The van der Waals surface area contributed by atoms with Crippen LogP contribution in [-0.4, -0.2) is 31.5 Å². The molecule has 0 amide bonds. The van der Waals surface area contributed by atoms with E-state index in [1.165, 1.54) is 0 Å². The highest BCUT2D eigenvalue weighted by molar-refractivity contribution is 5.63. The summed E-state index contributed by atoms with van der Waals surface area (Å²) in [5.41, 5.74) is 8.57. The number of nitrogens with zero attached hydrogens (tertiary/aromatic N) is 2. The van der Waals surface area contributed by atoms with Crippen molar-refractivity contribution in [2.75, 3.05) is 21.3 Å². The van der Waals surface area contributed by atoms with Gasteiger partial charge in [0.15, 0.2) is 0 Å². The van der Waals surface area contributed by atoms with Crippen LogP contribution in [0.2, 0.25) is 0 Å². The van der Waals surface area contributed by atoms with Crippen LogP contribution in [0.25, 0.3) is 0 Å². The van der Waals surface area contributed by atoms with E-state index < -0.39 is 5.92 Å². The first-order valence-corrected chi connectivity index (χ1v) is 8.42. The lowest BCUT2D eigenvalue weighted by molar-refractivity contribution is 0.358. The van der Waals surface area contributed by atoms with Crippen LogP contribution in [0.1, 0.15) is 42.5 Å². The molecule has 0 saturated heterocycles. The number of ether oxygens (including phenoxy) is 4. The molecule has 3 rings (SSSR count). The quantitative estimate of drug-likeness (QED) is 0.831. The molecule has 8 heteroatoms. The molecule has 0 fully saturated rings. The number of hydrogen-bond donors (Lipinski definition) is 2. The van der Waals surface area contributed by atoms with E-state index in [1.807, 2.05) is 13.8 Å². The number of aromatic nitrogens is 2. The molecule has 1 atom stereocenters. The molecule has 0 aliphatic carbocycles. The predicted octanol–water partition coefficient (Wildman–Crippen LogP) is 2.78. The molecular formula is C19H22N4O4. The number of nitriles is 1. The molecule has 0 saturated carbocycles. The van der Waals surface area contributed by atoms with Gasteiger partial charge in [-0.3, -0.25) is 5.10 Å². The second kappa shape index (κ2) is 7.11. The van der Waals surface area contributed by atoms with Crippen molar-refractivity contribution in [1.29, 1.82) is 5.26 Å². The summed E-state index contributed by atoms with van der Waals surface area (Å²) >= 11 is 0. The molecular weight excluding hydrogens is 348 g/mol. The number of methoxy groups -OCH3 is 3. The summed E-state index contributed by atoms with van der Waals surface area (Å²) in [7, 11) is 4.66. The van der Waals surface area contributed by atoms with E-state index in [9.17, 15) is 5.26 Å². The number of nitrogens with one attached hydrogen (secondary N) is 1. The van der Waals surface area contributed by atoms with Crippen LogP contribution in [0, 0.1) is 11.3 Å². The Balaban J connectivity index is 2.36. The van der Waals surface area contributed by atoms with Gasteiger partial charge in [-0.05, 0) is 5.92 Å². The Morgan fingerprint density at radius 1 is 1.15 bits per heavy atom. The van der Waals surface area contributed by atoms with Crippen molar-refractivity contribution >= 4 is 0 Å². The van der Waals surface area contributed by atoms with Crippen molar-refractivity contribution in [3.05, 3.63) is 40.4 Å². The van der Waals surface area contributed by atoms with Gasteiger partial charge in [0.2, 0.25) is 11.8 Å². The normalized spacial score (nSPS) is 15.8. The highest BCUT2D eigenvalue weighted by Gasteiger charge is 2.39. The topological polar surface area (TPSA) is 115 Å². The van der Waals surface area contributed by atoms with E-state index in [0.717, 1.165) is 11.3 Å². The van der Waals surface area contributed by atoms with Crippen LogP contribution in [0.4, 0.5) is 0 Å². The molecule has 142 valence electrons. The van der Waals surface area contributed by atoms with Crippen LogP contribution in [0.3, 0.4) is 0 Å². The van der Waals surface area contributed by atoms with Crippen molar-refractivity contribution in [2.24, 2.45) is 5.73 Å². The minimum Gasteiger partial charge on any atom is -0.496 e. The van der Waals surface area contributed by atoms with Crippen molar-refractivity contribution < 1.29 is 18.9 Å². The third-order valence-corrected chi connectivity index (χ3v) is 4.59. The molecule has 2 aromatic rings. The summed E-state index contributed by atoms with van der Waals surface area (Å²) in [6.07, 6.45) is 0. The smallest absolute Gasteiger partial charge is 0.244 e. The molecule has 8 nitrogen and oxygen atoms in total. The Labute approximate surface area is 157 Å². The van der Waals surface area contributed by atoms with Crippen LogP contribution >= 0.6 is 0 Å². The second-order valence-electron chi connectivity index (χ2n) is 6.38. The summed E-state index contributed by atoms with van der Waals surface area (Å²) in [5.74, 6) is 1.54. The van der Waals surface area contributed by atoms with E-state index in [4.69, 9.17) is 24.7 Å². The number of nitrogens with two attached hydrogens (primary N) is 1. The van der Waals surface area contributed by atoms with Gasteiger partial charge in [-0.25, -0.2) is 0 Å². The third kappa shape index (κ3) is 2.91. The van der Waals surface area contributed by atoms with Gasteiger partial charge >= 0.3 is 0 Å². The molecule has 0 spiro atoms. The average molecular weight is 370 g/mol. The molecule has 2 heterocycles. The Hall–Kier alpha value is -3.34. The van der Waals surface area contributed by atoms with Gasteiger partial charge in [-0.1, -0.05) is 13.8 Å². The maximum absolute atomic E-state index is 9.81. The number of rotatable bonds is 5. The van der Waals surface area contributed by atoms with Gasteiger partial charge in [-0.15, -0.1) is 5.10 Å². The van der Waals surface area contributed by atoms with Crippen LogP contribution in [0.5, 0.6) is 23.1 Å². The van der Waals surface area contributed by atoms with Gasteiger partial charge in [0.1, 0.15) is 28.9 Å². The lowest BCUT2D eigenvalue weighted by Gasteiger charge is -2.27. The molecule has 3 N–H and O–H groups in total. The zero-order valence-electron chi connectivity index (χ0n) is 15.9. The predicted molar refractivity (Wildman–Crippen MR) is 98.1 cm³/mol. The number of fused-ring (bicyclic) bond motifs is 1. The molecule has 1 aromatic heterocycles. The van der Waals surface area contributed by atoms with Gasteiger partial charge in [0.05, 0.1) is 32.8 Å². The Morgan fingerprint density at radius 2 is 1.78 bits per heavy atom. The molecule has 27 heavy (non-hydrogen) atoms. The summed E-state index contributed by atoms with van der Waals surface area (Å²) in [4.78, 5) is 0. The van der Waals surface area contributed by atoms with Crippen molar-refractivity contribution in [2.45, 2.75) is 25.7 Å².